The van der Waals surface area contributed by atoms with Gasteiger partial charge in [-0.05, 0) is 24.1 Å². The van der Waals surface area contributed by atoms with Crippen LogP contribution in [0.2, 0.25) is 0 Å². The average molecular weight is 308 g/mol. The number of hydrogen-bond donors (Lipinski definition) is 1. The van der Waals surface area contributed by atoms with Crippen LogP contribution in [0.15, 0.2) is 42.6 Å². The third-order valence-electron chi connectivity index (χ3n) is 3.62. The maximum Gasteiger partial charge on any atom is 0.314 e. The van der Waals surface area contributed by atoms with Crippen molar-refractivity contribution in [2.24, 2.45) is 5.92 Å². The predicted molar refractivity (Wildman–Crippen MR) is 84.5 cm³/mol. The lowest BCUT2D eigenvalue weighted by molar-refractivity contribution is -0.146. The standard InChI is InChI=1S/C18H16N2O3/c1-2-17(21)15(18(22)23)9-12-7-8-16(20-11-12)14-6-4-3-5-13(14)10-19/h3-8,11,15H,2,9H2,1H3,(H,22,23). The molecule has 1 aromatic carbocycles. The molecule has 23 heavy (non-hydrogen) atoms. The van der Waals surface area contributed by atoms with E-state index >= 15 is 0 Å². The molecule has 1 aromatic heterocycles. The van der Waals surface area contributed by atoms with Crippen molar-refractivity contribution in [2.45, 2.75) is 19.8 Å². The van der Waals surface area contributed by atoms with Gasteiger partial charge >= 0.3 is 5.97 Å². The Kier molecular flexibility index (Phi) is 5.21. The first kappa shape index (κ1) is 16.4. The second-order valence-corrected chi connectivity index (χ2v) is 5.12. The Hall–Kier alpha value is -3.00. The van der Waals surface area contributed by atoms with Gasteiger partial charge in [0.1, 0.15) is 11.7 Å². The zero-order valence-corrected chi connectivity index (χ0v) is 12.7. The number of carboxylic acids is 1. The summed E-state index contributed by atoms with van der Waals surface area (Å²) in [5.41, 5.74) is 2.57. The van der Waals surface area contributed by atoms with E-state index in [1.807, 2.05) is 6.07 Å². The van der Waals surface area contributed by atoms with E-state index in [0.29, 0.717) is 16.8 Å². The Bertz CT molecular complexity index is 761. The van der Waals surface area contributed by atoms with Crippen LogP contribution in [0.3, 0.4) is 0 Å². The summed E-state index contributed by atoms with van der Waals surface area (Å²) in [6, 6.07) is 12.7. The number of benzene rings is 1. The first-order chi connectivity index (χ1) is 11.1. The SMILES string of the molecule is CCC(=O)C(Cc1ccc(-c2ccccc2C#N)nc1)C(=O)O. The fourth-order valence-corrected chi connectivity index (χ4v) is 2.33. The molecule has 5 nitrogen and oxygen atoms in total. The van der Waals surface area contributed by atoms with E-state index in [4.69, 9.17) is 10.4 Å². The second-order valence-electron chi connectivity index (χ2n) is 5.12. The van der Waals surface area contributed by atoms with Crippen molar-refractivity contribution in [3.05, 3.63) is 53.7 Å². The molecule has 0 spiro atoms. The van der Waals surface area contributed by atoms with Gasteiger partial charge in [-0.1, -0.05) is 31.2 Å². The predicted octanol–water partition coefficient (Wildman–Crippen LogP) is 2.84. The quantitative estimate of drug-likeness (QED) is 0.828. The zero-order valence-electron chi connectivity index (χ0n) is 12.7. The van der Waals surface area contributed by atoms with Gasteiger partial charge in [-0.3, -0.25) is 14.6 Å². The first-order valence-electron chi connectivity index (χ1n) is 7.26. The third kappa shape index (κ3) is 3.80. The van der Waals surface area contributed by atoms with Gasteiger partial charge in [0.2, 0.25) is 0 Å². The largest absolute Gasteiger partial charge is 0.481 e. The van der Waals surface area contributed by atoms with E-state index in [-0.39, 0.29) is 18.6 Å². The molecule has 0 saturated heterocycles. The van der Waals surface area contributed by atoms with Crippen molar-refractivity contribution in [3.8, 4) is 17.3 Å². The van der Waals surface area contributed by atoms with E-state index in [1.165, 1.54) is 0 Å². The van der Waals surface area contributed by atoms with Gasteiger partial charge in [0.05, 0.1) is 17.3 Å². The van der Waals surface area contributed by atoms with Crippen molar-refractivity contribution in [3.63, 3.8) is 0 Å². The Morgan fingerprint density at radius 3 is 2.57 bits per heavy atom. The minimum atomic E-state index is -1.12. The maximum atomic E-state index is 11.7. The summed E-state index contributed by atoms with van der Waals surface area (Å²) >= 11 is 0. The number of pyridine rings is 1. The van der Waals surface area contributed by atoms with E-state index < -0.39 is 11.9 Å². The van der Waals surface area contributed by atoms with Crippen LogP contribution in [-0.4, -0.2) is 21.8 Å². The van der Waals surface area contributed by atoms with Gasteiger partial charge in [0, 0.05) is 18.2 Å². The van der Waals surface area contributed by atoms with Crippen LogP contribution in [0.5, 0.6) is 0 Å². The summed E-state index contributed by atoms with van der Waals surface area (Å²) in [5, 5.41) is 18.3. The molecule has 0 radical (unpaired) electrons. The Morgan fingerprint density at radius 2 is 2.00 bits per heavy atom. The number of Topliss-reactive ketones (excluding diaryl/α,β-unsaturated/α-hetero) is 1. The normalized spacial score (nSPS) is 11.5. The fraction of sp³-hybridized carbons (Fsp3) is 0.222. The van der Waals surface area contributed by atoms with Gasteiger partial charge < -0.3 is 5.11 Å². The number of nitriles is 1. The number of nitrogens with zero attached hydrogens (tertiary/aromatic N) is 2. The van der Waals surface area contributed by atoms with Crippen molar-refractivity contribution in [2.75, 3.05) is 0 Å². The molecule has 1 heterocycles. The highest BCUT2D eigenvalue weighted by atomic mass is 16.4. The van der Waals surface area contributed by atoms with Gasteiger partial charge in [0.25, 0.3) is 0 Å². The van der Waals surface area contributed by atoms with Crippen LogP contribution in [0.25, 0.3) is 11.3 Å². The smallest absolute Gasteiger partial charge is 0.314 e. The number of carbonyl (C=O) groups excluding carboxylic acids is 1. The average Bonchev–Trinajstić information content (AvgIpc) is 2.59. The molecule has 0 aliphatic rings. The molecule has 5 heteroatoms. The van der Waals surface area contributed by atoms with Crippen molar-refractivity contribution in [1.82, 2.24) is 4.98 Å². The summed E-state index contributed by atoms with van der Waals surface area (Å²) < 4.78 is 0. The number of rotatable bonds is 6. The lowest BCUT2D eigenvalue weighted by Crippen LogP contribution is -2.25. The van der Waals surface area contributed by atoms with E-state index in [2.05, 4.69) is 11.1 Å². The molecule has 2 rings (SSSR count). The summed E-state index contributed by atoms with van der Waals surface area (Å²) in [6.45, 7) is 1.65. The van der Waals surface area contributed by atoms with Gasteiger partial charge in [-0.15, -0.1) is 0 Å². The maximum absolute atomic E-state index is 11.7. The minimum Gasteiger partial charge on any atom is -0.481 e. The molecule has 0 bridgehead atoms. The van der Waals surface area contributed by atoms with Crippen LogP contribution in [0.4, 0.5) is 0 Å². The second kappa shape index (κ2) is 7.32. The molecule has 0 saturated carbocycles. The number of aliphatic carboxylic acids is 1. The summed E-state index contributed by atoms with van der Waals surface area (Å²) in [7, 11) is 0. The van der Waals surface area contributed by atoms with Crippen molar-refractivity contribution < 1.29 is 14.7 Å². The lowest BCUT2D eigenvalue weighted by atomic mass is 9.94. The topological polar surface area (TPSA) is 91.0 Å². The number of aromatic nitrogens is 1. The third-order valence-corrected chi connectivity index (χ3v) is 3.62. The van der Waals surface area contributed by atoms with E-state index in [1.54, 1.807) is 43.5 Å². The van der Waals surface area contributed by atoms with Crippen LogP contribution < -0.4 is 0 Å². The van der Waals surface area contributed by atoms with E-state index in [9.17, 15) is 9.59 Å². The molecule has 1 atom stereocenters. The summed E-state index contributed by atoms with van der Waals surface area (Å²) in [5.74, 6) is -2.45. The molecule has 0 fully saturated rings. The Morgan fingerprint density at radius 1 is 1.26 bits per heavy atom. The molecule has 1 unspecified atom stereocenters. The van der Waals surface area contributed by atoms with Crippen LogP contribution >= 0.6 is 0 Å². The van der Waals surface area contributed by atoms with Crippen LogP contribution in [-0.2, 0) is 16.0 Å². The van der Waals surface area contributed by atoms with Gasteiger partial charge in [-0.25, -0.2) is 0 Å². The van der Waals surface area contributed by atoms with Crippen molar-refractivity contribution >= 4 is 11.8 Å². The van der Waals surface area contributed by atoms with Gasteiger partial charge in [-0.2, -0.15) is 5.26 Å². The highest BCUT2D eigenvalue weighted by molar-refractivity contribution is 5.98. The summed E-state index contributed by atoms with van der Waals surface area (Å²) in [6.07, 6.45) is 1.87. The molecular weight excluding hydrogens is 292 g/mol. The van der Waals surface area contributed by atoms with Gasteiger partial charge in [0.15, 0.2) is 0 Å². The molecule has 0 aliphatic carbocycles. The van der Waals surface area contributed by atoms with Crippen LogP contribution in [0.1, 0.15) is 24.5 Å². The number of ketones is 1. The highest BCUT2D eigenvalue weighted by Gasteiger charge is 2.24. The Balaban J connectivity index is 2.24. The highest BCUT2D eigenvalue weighted by Crippen LogP contribution is 2.22. The van der Waals surface area contributed by atoms with E-state index in [0.717, 1.165) is 5.56 Å². The lowest BCUT2D eigenvalue weighted by Gasteiger charge is -2.10. The Labute approximate surface area is 134 Å². The minimum absolute atomic E-state index is 0.120. The molecule has 0 amide bonds. The molecular formula is C18H16N2O3. The van der Waals surface area contributed by atoms with Crippen LogP contribution in [0, 0.1) is 17.2 Å². The number of carboxylic acid groups (broad SMARTS) is 1. The number of hydrogen-bond acceptors (Lipinski definition) is 4. The molecule has 116 valence electrons. The van der Waals surface area contributed by atoms with Crippen molar-refractivity contribution in [1.29, 1.82) is 5.26 Å². The monoisotopic (exact) mass is 308 g/mol. The first-order valence-corrected chi connectivity index (χ1v) is 7.26. The fourth-order valence-electron chi connectivity index (χ4n) is 2.33. The molecule has 1 N–H and O–H groups in total. The number of carbonyl (C=O) groups is 2. The summed E-state index contributed by atoms with van der Waals surface area (Å²) in [4.78, 5) is 27.2. The zero-order chi connectivity index (χ0) is 16.8. The molecule has 0 aliphatic heterocycles. The molecule has 2 aromatic rings.